The lowest BCUT2D eigenvalue weighted by molar-refractivity contribution is 0.176. The highest BCUT2D eigenvalue weighted by molar-refractivity contribution is 5.29. The molecule has 0 fully saturated rings. The van der Waals surface area contributed by atoms with Crippen LogP contribution < -0.4 is 10.1 Å². The van der Waals surface area contributed by atoms with Gasteiger partial charge < -0.3 is 10.1 Å². The summed E-state index contributed by atoms with van der Waals surface area (Å²) >= 11 is 0. The molecule has 0 aliphatic rings. The summed E-state index contributed by atoms with van der Waals surface area (Å²) in [5.74, 6) is 1.58. The molecule has 0 saturated heterocycles. The second-order valence-corrected chi connectivity index (χ2v) is 6.67. The zero-order valence-electron chi connectivity index (χ0n) is 14.0. The molecule has 0 amide bonds. The van der Waals surface area contributed by atoms with Crippen molar-refractivity contribution in [3.63, 3.8) is 0 Å². The first-order chi connectivity index (χ1) is 9.38. The number of nitrogens with one attached hydrogen (secondary N) is 1. The van der Waals surface area contributed by atoms with Crippen LogP contribution in [0.2, 0.25) is 0 Å². The van der Waals surface area contributed by atoms with Gasteiger partial charge in [-0.1, -0.05) is 53.7 Å². The summed E-state index contributed by atoms with van der Waals surface area (Å²) in [7, 11) is 0. The quantitative estimate of drug-likeness (QED) is 0.786. The molecular formula is C18H31NO. The van der Waals surface area contributed by atoms with Gasteiger partial charge in [-0.15, -0.1) is 0 Å². The van der Waals surface area contributed by atoms with Gasteiger partial charge in [0.1, 0.15) is 12.4 Å². The van der Waals surface area contributed by atoms with Crippen LogP contribution in [-0.2, 0) is 0 Å². The summed E-state index contributed by atoms with van der Waals surface area (Å²) in [4.78, 5) is 0. The molecule has 2 unspecified atom stereocenters. The number of hydrogen-bond acceptors (Lipinski definition) is 2. The van der Waals surface area contributed by atoms with Crippen LogP contribution in [0.15, 0.2) is 24.3 Å². The molecule has 2 heteroatoms. The minimum absolute atomic E-state index is 0.201. The normalized spacial score (nSPS) is 14.9. The molecule has 0 bridgehead atoms. The fourth-order valence-corrected chi connectivity index (χ4v) is 2.17. The van der Waals surface area contributed by atoms with Gasteiger partial charge in [0.05, 0.1) is 0 Å². The molecule has 0 aromatic heterocycles. The monoisotopic (exact) mass is 277 g/mol. The molecule has 0 radical (unpaired) electrons. The third kappa shape index (κ3) is 5.16. The Balaban J connectivity index is 2.60. The van der Waals surface area contributed by atoms with Crippen LogP contribution in [0.25, 0.3) is 0 Å². The van der Waals surface area contributed by atoms with Gasteiger partial charge >= 0.3 is 0 Å². The van der Waals surface area contributed by atoms with E-state index in [2.05, 4.69) is 71.1 Å². The van der Waals surface area contributed by atoms with E-state index in [0.29, 0.717) is 18.6 Å². The van der Waals surface area contributed by atoms with Crippen LogP contribution in [0.1, 0.15) is 59.4 Å². The van der Waals surface area contributed by atoms with Crippen LogP contribution >= 0.6 is 0 Å². The summed E-state index contributed by atoms with van der Waals surface area (Å²) in [5.41, 5.74) is 1.59. The van der Waals surface area contributed by atoms with Crippen molar-refractivity contribution in [1.82, 2.24) is 5.32 Å². The van der Waals surface area contributed by atoms with Crippen LogP contribution in [0.5, 0.6) is 5.75 Å². The summed E-state index contributed by atoms with van der Waals surface area (Å²) in [5, 5.41) is 3.51. The fourth-order valence-electron chi connectivity index (χ4n) is 2.17. The molecule has 0 aliphatic heterocycles. The standard InChI is InChI=1S/C18H31NO/c1-7-14(3)15-9-11-16(12-10-15)20-13-17(19-8-2)18(4,5)6/h9-12,14,17,19H,7-8,13H2,1-6H3. The Bertz CT molecular complexity index is 377. The Morgan fingerprint density at radius 3 is 2.15 bits per heavy atom. The molecular weight excluding hydrogens is 246 g/mol. The van der Waals surface area contributed by atoms with E-state index in [1.807, 2.05) is 0 Å². The lowest BCUT2D eigenvalue weighted by Crippen LogP contribution is -2.44. The van der Waals surface area contributed by atoms with Crippen molar-refractivity contribution in [2.24, 2.45) is 5.41 Å². The highest BCUT2D eigenvalue weighted by atomic mass is 16.5. The van der Waals surface area contributed by atoms with Crippen molar-refractivity contribution in [2.45, 2.75) is 59.9 Å². The number of benzene rings is 1. The molecule has 20 heavy (non-hydrogen) atoms. The zero-order chi connectivity index (χ0) is 15.2. The van der Waals surface area contributed by atoms with Crippen molar-refractivity contribution < 1.29 is 4.74 Å². The van der Waals surface area contributed by atoms with Gasteiger partial charge in [-0.25, -0.2) is 0 Å². The van der Waals surface area contributed by atoms with E-state index in [4.69, 9.17) is 4.74 Å². The van der Waals surface area contributed by atoms with Crippen molar-refractivity contribution in [3.05, 3.63) is 29.8 Å². The topological polar surface area (TPSA) is 21.3 Å². The van der Waals surface area contributed by atoms with E-state index in [9.17, 15) is 0 Å². The molecule has 1 N–H and O–H groups in total. The van der Waals surface area contributed by atoms with E-state index < -0.39 is 0 Å². The minimum atomic E-state index is 0.201. The van der Waals surface area contributed by atoms with Gasteiger partial charge in [0.25, 0.3) is 0 Å². The van der Waals surface area contributed by atoms with E-state index >= 15 is 0 Å². The second kappa shape index (κ2) is 7.68. The van der Waals surface area contributed by atoms with Gasteiger partial charge in [0.2, 0.25) is 0 Å². The Morgan fingerprint density at radius 1 is 1.10 bits per heavy atom. The predicted octanol–water partition coefficient (Wildman–Crippen LogP) is 4.60. The second-order valence-electron chi connectivity index (χ2n) is 6.67. The molecule has 2 nitrogen and oxygen atoms in total. The van der Waals surface area contributed by atoms with Crippen LogP contribution in [0.4, 0.5) is 0 Å². The molecule has 1 aromatic rings. The zero-order valence-corrected chi connectivity index (χ0v) is 14.0. The van der Waals surface area contributed by atoms with Gasteiger partial charge in [-0.05, 0) is 42.0 Å². The molecule has 114 valence electrons. The van der Waals surface area contributed by atoms with Gasteiger partial charge in [-0.3, -0.25) is 0 Å². The predicted molar refractivity (Wildman–Crippen MR) is 87.6 cm³/mol. The first kappa shape index (κ1) is 17.0. The number of likely N-dealkylation sites (N-methyl/N-ethyl adjacent to an activating group) is 1. The molecule has 2 atom stereocenters. The summed E-state index contributed by atoms with van der Waals surface area (Å²) < 4.78 is 5.95. The molecule has 0 saturated carbocycles. The van der Waals surface area contributed by atoms with Crippen LogP contribution in [0, 0.1) is 5.41 Å². The number of hydrogen-bond donors (Lipinski definition) is 1. The summed E-state index contributed by atoms with van der Waals surface area (Å²) in [6.07, 6.45) is 1.17. The van der Waals surface area contributed by atoms with Gasteiger partial charge in [-0.2, -0.15) is 0 Å². The third-order valence-electron chi connectivity index (χ3n) is 3.97. The van der Waals surface area contributed by atoms with Gasteiger partial charge in [0.15, 0.2) is 0 Å². The SMILES string of the molecule is CCNC(COc1ccc(C(C)CC)cc1)C(C)(C)C. The maximum Gasteiger partial charge on any atom is 0.119 e. The first-order valence-electron chi connectivity index (χ1n) is 7.84. The first-order valence-corrected chi connectivity index (χ1v) is 7.84. The Kier molecular flexibility index (Phi) is 6.54. The lowest BCUT2D eigenvalue weighted by atomic mass is 9.87. The Hall–Kier alpha value is -1.02. The Morgan fingerprint density at radius 2 is 1.70 bits per heavy atom. The summed E-state index contributed by atoms with van der Waals surface area (Å²) in [6, 6.07) is 8.91. The van der Waals surface area contributed by atoms with Crippen molar-refractivity contribution >= 4 is 0 Å². The third-order valence-corrected chi connectivity index (χ3v) is 3.97. The lowest BCUT2D eigenvalue weighted by Gasteiger charge is -2.31. The highest BCUT2D eigenvalue weighted by Gasteiger charge is 2.24. The maximum absolute atomic E-state index is 5.95. The van der Waals surface area contributed by atoms with Crippen molar-refractivity contribution in [1.29, 1.82) is 0 Å². The number of rotatable bonds is 7. The van der Waals surface area contributed by atoms with Crippen molar-refractivity contribution in [3.8, 4) is 5.75 Å². The fraction of sp³-hybridized carbons (Fsp3) is 0.667. The van der Waals surface area contributed by atoms with E-state index in [1.165, 1.54) is 12.0 Å². The molecule has 1 aromatic carbocycles. The van der Waals surface area contributed by atoms with Crippen molar-refractivity contribution in [2.75, 3.05) is 13.2 Å². The molecule has 0 heterocycles. The van der Waals surface area contributed by atoms with Crippen LogP contribution in [0.3, 0.4) is 0 Å². The van der Waals surface area contributed by atoms with E-state index in [-0.39, 0.29) is 5.41 Å². The average Bonchev–Trinajstić information content (AvgIpc) is 2.42. The van der Waals surface area contributed by atoms with Gasteiger partial charge in [0, 0.05) is 6.04 Å². The average molecular weight is 277 g/mol. The molecule has 1 rings (SSSR count). The number of ether oxygens (including phenoxy) is 1. The van der Waals surface area contributed by atoms with E-state index in [0.717, 1.165) is 12.3 Å². The smallest absolute Gasteiger partial charge is 0.119 e. The summed E-state index contributed by atoms with van der Waals surface area (Å²) in [6.45, 7) is 15.0. The Labute approximate surface area is 124 Å². The minimum Gasteiger partial charge on any atom is -0.492 e. The molecule has 0 aliphatic carbocycles. The van der Waals surface area contributed by atoms with Crippen LogP contribution in [-0.4, -0.2) is 19.2 Å². The molecule has 0 spiro atoms. The highest BCUT2D eigenvalue weighted by Crippen LogP contribution is 2.23. The maximum atomic E-state index is 5.95. The largest absolute Gasteiger partial charge is 0.492 e. The van der Waals surface area contributed by atoms with E-state index in [1.54, 1.807) is 0 Å².